The zero-order valence-electron chi connectivity index (χ0n) is 11.6. The van der Waals surface area contributed by atoms with Gasteiger partial charge in [0.05, 0.1) is 0 Å². The molecule has 1 aromatic rings. The number of carboxylic acid groups (broad SMARTS) is 1. The number of hydrogen-bond donors (Lipinski definition) is 3. The number of aliphatic carboxylic acids is 1. The van der Waals surface area contributed by atoms with E-state index in [0.717, 1.165) is 12.8 Å². The quantitative estimate of drug-likeness (QED) is 0.575. The highest BCUT2D eigenvalue weighted by Gasteiger charge is 2.43. The van der Waals surface area contributed by atoms with Crippen molar-refractivity contribution in [2.24, 2.45) is 5.92 Å². The molecule has 0 spiro atoms. The van der Waals surface area contributed by atoms with Gasteiger partial charge in [0, 0.05) is 6.07 Å². The molecule has 2 atom stereocenters. The maximum Gasteiger partial charge on any atom is 0.329 e. The lowest BCUT2D eigenvalue weighted by molar-refractivity contribution is -0.389. The fourth-order valence-corrected chi connectivity index (χ4v) is 2.82. The Labute approximate surface area is 120 Å². The molecule has 114 valence electrons. The lowest BCUT2D eigenvalue weighted by Gasteiger charge is -2.36. The highest BCUT2D eigenvalue weighted by molar-refractivity contribution is 5.96. The zero-order chi connectivity index (χ0) is 15.6. The number of nitrogens with zero attached hydrogens (tertiary/aromatic N) is 1. The van der Waals surface area contributed by atoms with E-state index in [9.17, 15) is 24.8 Å². The molecule has 1 aliphatic carbocycles. The Balaban J connectivity index is 2.18. The molecule has 1 heterocycles. The summed E-state index contributed by atoms with van der Waals surface area (Å²) in [5, 5.41) is 22.6. The molecule has 1 aromatic heterocycles. The van der Waals surface area contributed by atoms with Crippen molar-refractivity contribution in [2.75, 3.05) is 0 Å². The Morgan fingerprint density at radius 1 is 1.52 bits per heavy atom. The third-order valence-electron chi connectivity index (χ3n) is 3.87. The molecule has 1 saturated carbocycles. The monoisotopic (exact) mass is 295 g/mol. The van der Waals surface area contributed by atoms with Crippen LogP contribution in [0.4, 0.5) is 5.82 Å². The lowest BCUT2D eigenvalue weighted by Crippen LogP contribution is -2.56. The van der Waals surface area contributed by atoms with E-state index in [-0.39, 0.29) is 17.4 Å². The van der Waals surface area contributed by atoms with Crippen molar-refractivity contribution in [1.29, 1.82) is 0 Å². The van der Waals surface area contributed by atoms with Gasteiger partial charge in [0.1, 0.15) is 5.54 Å². The average molecular weight is 295 g/mol. The summed E-state index contributed by atoms with van der Waals surface area (Å²) in [5.74, 6) is -1.81. The predicted molar refractivity (Wildman–Crippen MR) is 72.9 cm³/mol. The van der Waals surface area contributed by atoms with Gasteiger partial charge in [0.25, 0.3) is 5.91 Å². The number of carbonyl (C=O) groups excluding carboxylic acids is 1. The summed E-state index contributed by atoms with van der Waals surface area (Å²) in [5.41, 5.74) is -1.31. The lowest BCUT2D eigenvalue weighted by atomic mass is 9.76. The maximum atomic E-state index is 12.1. The van der Waals surface area contributed by atoms with Gasteiger partial charge in [-0.3, -0.25) is 4.79 Å². The maximum absolute atomic E-state index is 12.1. The second-order valence-corrected chi connectivity index (χ2v) is 5.56. The molecule has 0 aromatic carbocycles. The molecule has 8 nitrogen and oxygen atoms in total. The Bertz CT molecular complexity index is 582. The topological polar surface area (TPSA) is 125 Å². The Morgan fingerprint density at radius 2 is 2.24 bits per heavy atom. The number of H-pyrrole nitrogens is 1. The van der Waals surface area contributed by atoms with E-state index >= 15 is 0 Å². The Hall–Kier alpha value is -2.38. The molecule has 0 radical (unpaired) electrons. The SMILES string of the molecule is CC1CCCC(NC(=O)c2ccc([N+](=O)[O-])[nH]2)(C(=O)O)C1. The summed E-state index contributed by atoms with van der Waals surface area (Å²) in [6.45, 7) is 1.95. The van der Waals surface area contributed by atoms with Gasteiger partial charge in [-0.2, -0.15) is 0 Å². The number of aromatic nitrogens is 1. The summed E-state index contributed by atoms with van der Waals surface area (Å²) in [6, 6.07) is 2.45. The van der Waals surface area contributed by atoms with Crippen LogP contribution < -0.4 is 5.32 Å². The van der Waals surface area contributed by atoms with Gasteiger partial charge in [-0.1, -0.05) is 19.8 Å². The molecule has 2 unspecified atom stereocenters. The van der Waals surface area contributed by atoms with Crippen molar-refractivity contribution in [3.05, 3.63) is 27.9 Å². The van der Waals surface area contributed by atoms with E-state index in [4.69, 9.17) is 0 Å². The van der Waals surface area contributed by atoms with E-state index < -0.39 is 22.3 Å². The van der Waals surface area contributed by atoms with Crippen LogP contribution in [-0.4, -0.2) is 32.4 Å². The van der Waals surface area contributed by atoms with Gasteiger partial charge in [-0.15, -0.1) is 0 Å². The summed E-state index contributed by atoms with van der Waals surface area (Å²) in [6.07, 6.45) is 2.37. The van der Waals surface area contributed by atoms with Gasteiger partial charge in [-0.25, -0.2) is 9.78 Å². The minimum absolute atomic E-state index is 0.0134. The molecule has 1 fully saturated rings. The van der Waals surface area contributed by atoms with Crippen LogP contribution in [-0.2, 0) is 4.79 Å². The van der Waals surface area contributed by atoms with Crippen LogP contribution in [0.3, 0.4) is 0 Å². The molecule has 21 heavy (non-hydrogen) atoms. The van der Waals surface area contributed by atoms with Crippen LogP contribution in [0.2, 0.25) is 0 Å². The number of hydrogen-bond acceptors (Lipinski definition) is 4. The molecule has 1 aliphatic rings. The highest BCUT2D eigenvalue weighted by atomic mass is 16.6. The molecular formula is C13H17N3O5. The first-order chi connectivity index (χ1) is 9.84. The van der Waals surface area contributed by atoms with E-state index in [2.05, 4.69) is 10.3 Å². The highest BCUT2D eigenvalue weighted by Crippen LogP contribution is 2.32. The normalized spacial score (nSPS) is 25.3. The Morgan fingerprint density at radius 3 is 2.76 bits per heavy atom. The molecule has 3 N–H and O–H groups in total. The molecule has 0 bridgehead atoms. The first kappa shape index (κ1) is 15.0. The van der Waals surface area contributed by atoms with Crippen molar-refractivity contribution < 1.29 is 19.6 Å². The molecule has 2 rings (SSSR count). The van der Waals surface area contributed by atoms with Crippen molar-refractivity contribution in [3.63, 3.8) is 0 Å². The van der Waals surface area contributed by atoms with Crippen LogP contribution in [0.5, 0.6) is 0 Å². The molecule has 8 heteroatoms. The summed E-state index contributed by atoms with van der Waals surface area (Å²) in [7, 11) is 0. The number of aromatic amines is 1. The van der Waals surface area contributed by atoms with Gasteiger partial charge < -0.3 is 20.5 Å². The van der Waals surface area contributed by atoms with E-state index in [1.165, 1.54) is 12.1 Å². The first-order valence-corrected chi connectivity index (χ1v) is 6.73. The predicted octanol–water partition coefficient (Wildman–Crippen LogP) is 1.69. The van der Waals surface area contributed by atoms with E-state index in [1.807, 2.05) is 6.92 Å². The Kier molecular flexibility index (Phi) is 3.97. The minimum Gasteiger partial charge on any atom is -0.480 e. The van der Waals surface area contributed by atoms with Crippen LogP contribution in [0.25, 0.3) is 0 Å². The van der Waals surface area contributed by atoms with Gasteiger partial charge in [0.2, 0.25) is 0 Å². The zero-order valence-corrected chi connectivity index (χ0v) is 11.6. The second kappa shape index (κ2) is 5.55. The molecule has 0 saturated heterocycles. The second-order valence-electron chi connectivity index (χ2n) is 5.56. The third kappa shape index (κ3) is 3.04. The van der Waals surface area contributed by atoms with Crippen LogP contribution in [0, 0.1) is 16.0 Å². The van der Waals surface area contributed by atoms with Crippen LogP contribution in [0.15, 0.2) is 12.1 Å². The average Bonchev–Trinajstić information content (AvgIpc) is 2.88. The van der Waals surface area contributed by atoms with Crippen molar-refractivity contribution >= 4 is 17.7 Å². The van der Waals surface area contributed by atoms with Gasteiger partial charge >= 0.3 is 11.8 Å². The van der Waals surface area contributed by atoms with Crippen molar-refractivity contribution in [1.82, 2.24) is 10.3 Å². The van der Waals surface area contributed by atoms with Crippen LogP contribution in [0.1, 0.15) is 43.1 Å². The fraction of sp³-hybridized carbons (Fsp3) is 0.538. The number of carboxylic acids is 1. The van der Waals surface area contributed by atoms with E-state index in [1.54, 1.807) is 0 Å². The van der Waals surface area contributed by atoms with E-state index in [0.29, 0.717) is 12.8 Å². The first-order valence-electron chi connectivity index (χ1n) is 6.73. The molecule has 1 amide bonds. The number of nitrogens with one attached hydrogen (secondary N) is 2. The largest absolute Gasteiger partial charge is 0.480 e. The number of carbonyl (C=O) groups is 2. The summed E-state index contributed by atoms with van der Waals surface area (Å²) >= 11 is 0. The summed E-state index contributed by atoms with van der Waals surface area (Å²) < 4.78 is 0. The van der Waals surface area contributed by atoms with Crippen molar-refractivity contribution in [3.8, 4) is 0 Å². The summed E-state index contributed by atoms with van der Waals surface area (Å²) in [4.78, 5) is 36.0. The smallest absolute Gasteiger partial charge is 0.329 e. The van der Waals surface area contributed by atoms with Crippen LogP contribution >= 0.6 is 0 Å². The van der Waals surface area contributed by atoms with Gasteiger partial charge in [-0.05, 0) is 29.7 Å². The van der Waals surface area contributed by atoms with Gasteiger partial charge in [0.15, 0.2) is 5.69 Å². The standard InChI is InChI=1S/C13H17N3O5/c1-8-3-2-6-13(7-8,12(18)19)15-11(17)9-4-5-10(14-9)16(20)21/h4-5,8,14H,2-3,6-7H2,1H3,(H,15,17)(H,18,19). The number of nitro groups is 1. The fourth-order valence-electron chi connectivity index (χ4n) is 2.82. The number of rotatable bonds is 4. The molecule has 0 aliphatic heterocycles. The van der Waals surface area contributed by atoms with Crippen molar-refractivity contribution in [2.45, 2.75) is 38.1 Å². The molecular weight excluding hydrogens is 278 g/mol. The third-order valence-corrected chi connectivity index (χ3v) is 3.87. The number of amides is 1. The minimum atomic E-state index is -1.30.